The van der Waals surface area contributed by atoms with Crippen LogP contribution in [0.25, 0.3) is 21.9 Å². The van der Waals surface area contributed by atoms with Gasteiger partial charge in [-0.2, -0.15) is 8.78 Å². The standard InChI is InChI=1S/C19H11Cl2F2N3O3.C2H6/c20-11-6-25-7-12(21)16(11)26-18(27)9-2-4-14(29-19(22)23)17-15(9)10-5-8(24)1-3-13(10)28-17;1-2/h1-7,19H,24H2,(H,25,26,27);1-2H3. The molecular formula is C21H17Cl2F2N3O3. The first kappa shape index (κ1) is 22.6. The quantitative estimate of drug-likeness (QED) is 0.324. The topological polar surface area (TPSA) is 90.4 Å². The molecule has 0 unspecified atom stereocenters. The van der Waals surface area contributed by atoms with Crippen molar-refractivity contribution in [3.63, 3.8) is 0 Å². The number of hydrogen-bond donors (Lipinski definition) is 2. The number of carbonyl (C=O) groups is 1. The Labute approximate surface area is 185 Å². The largest absolute Gasteiger partial charge is 0.452 e. The second kappa shape index (κ2) is 9.36. The number of anilines is 2. The van der Waals surface area contributed by atoms with Crippen molar-refractivity contribution in [1.82, 2.24) is 4.98 Å². The number of pyridine rings is 1. The van der Waals surface area contributed by atoms with Gasteiger partial charge in [-0.05, 0) is 30.3 Å². The third-order valence-corrected chi connectivity index (χ3v) is 4.73. The third-order valence-electron chi connectivity index (χ3n) is 4.16. The van der Waals surface area contributed by atoms with Crippen molar-refractivity contribution in [2.45, 2.75) is 20.5 Å². The highest BCUT2D eigenvalue weighted by Gasteiger charge is 2.22. The summed E-state index contributed by atoms with van der Waals surface area (Å²) in [5.41, 5.74) is 6.90. The molecule has 0 aliphatic rings. The second-order valence-corrected chi connectivity index (χ2v) is 6.80. The molecule has 2 heterocycles. The molecule has 0 bridgehead atoms. The van der Waals surface area contributed by atoms with Gasteiger partial charge in [-0.25, -0.2) is 0 Å². The van der Waals surface area contributed by atoms with Crippen LogP contribution >= 0.6 is 23.2 Å². The maximum absolute atomic E-state index is 13.0. The normalized spacial score (nSPS) is 10.8. The van der Waals surface area contributed by atoms with E-state index >= 15 is 0 Å². The van der Waals surface area contributed by atoms with Crippen molar-refractivity contribution >= 4 is 62.4 Å². The highest BCUT2D eigenvalue weighted by Crippen LogP contribution is 2.39. The zero-order valence-corrected chi connectivity index (χ0v) is 17.9. The molecule has 4 rings (SSSR count). The number of carbonyl (C=O) groups excluding carboxylic acids is 1. The molecule has 2 aromatic heterocycles. The lowest BCUT2D eigenvalue weighted by Crippen LogP contribution is -2.13. The molecule has 3 N–H and O–H groups in total. The summed E-state index contributed by atoms with van der Waals surface area (Å²) in [6, 6.07) is 7.32. The van der Waals surface area contributed by atoms with Crippen LogP contribution in [0, 0.1) is 0 Å². The first-order valence-corrected chi connectivity index (χ1v) is 9.90. The van der Waals surface area contributed by atoms with Crippen LogP contribution in [-0.4, -0.2) is 17.5 Å². The summed E-state index contributed by atoms with van der Waals surface area (Å²) in [7, 11) is 0. The van der Waals surface area contributed by atoms with Gasteiger partial charge in [0, 0.05) is 28.9 Å². The summed E-state index contributed by atoms with van der Waals surface area (Å²) in [6.07, 6.45) is 2.65. The fraction of sp³-hybridized carbons (Fsp3) is 0.143. The molecule has 2 aromatic carbocycles. The maximum Gasteiger partial charge on any atom is 0.387 e. The maximum atomic E-state index is 13.0. The smallest absolute Gasteiger partial charge is 0.387 e. The van der Waals surface area contributed by atoms with Crippen LogP contribution in [0.1, 0.15) is 24.2 Å². The highest BCUT2D eigenvalue weighted by atomic mass is 35.5. The Morgan fingerprint density at radius 1 is 1.16 bits per heavy atom. The van der Waals surface area contributed by atoms with Crippen LogP contribution in [0.5, 0.6) is 5.75 Å². The highest BCUT2D eigenvalue weighted by molar-refractivity contribution is 6.40. The van der Waals surface area contributed by atoms with Crippen molar-refractivity contribution < 1.29 is 22.7 Å². The molecule has 0 fully saturated rings. The van der Waals surface area contributed by atoms with Crippen LogP contribution in [0.4, 0.5) is 20.2 Å². The van der Waals surface area contributed by atoms with E-state index in [9.17, 15) is 13.6 Å². The van der Waals surface area contributed by atoms with E-state index in [0.29, 0.717) is 16.7 Å². The number of hydrogen-bond acceptors (Lipinski definition) is 5. The summed E-state index contributed by atoms with van der Waals surface area (Å²) in [5.74, 6) is -0.792. The number of nitrogens with two attached hydrogens (primary N) is 1. The van der Waals surface area contributed by atoms with Gasteiger partial charge in [0.15, 0.2) is 11.3 Å². The molecule has 0 saturated carbocycles. The predicted molar refractivity (Wildman–Crippen MR) is 118 cm³/mol. The Bertz CT molecular complexity index is 1240. The molecule has 0 atom stereocenters. The zero-order chi connectivity index (χ0) is 22.7. The molecule has 0 aliphatic heterocycles. The van der Waals surface area contributed by atoms with Gasteiger partial charge >= 0.3 is 6.61 Å². The molecule has 162 valence electrons. The number of nitrogen functional groups attached to an aromatic ring is 1. The number of rotatable bonds is 4. The number of fused-ring (bicyclic) bond motifs is 3. The number of nitrogens with one attached hydrogen (secondary N) is 1. The zero-order valence-electron chi connectivity index (χ0n) is 16.4. The van der Waals surface area contributed by atoms with E-state index in [-0.39, 0.29) is 38.0 Å². The van der Waals surface area contributed by atoms with Crippen molar-refractivity contribution in [2.75, 3.05) is 11.1 Å². The van der Waals surface area contributed by atoms with Gasteiger partial charge in [-0.3, -0.25) is 9.78 Å². The predicted octanol–water partition coefficient (Wildman–Crippen LogP) is 6.75. The average Bonchev–Trinajstić information content (AvgIpc) is 3.11. The summed E-state index contributed by atoms with van der Waals surface area (Å²) < 4.78 is 35.8. The van der Waals surface area contributed by atoms with E-state index in [2.05, 4.69) is 15.0 Å². The molecule has 31 heavy (non-hydrogen) atoms. The number of ether oxygens (including phenoxy) is 1. The Morgan fingerprint density at radius 2 is 1.84 bits per heavy atom. The number of furan rings is 1. The van der Waals surface area contributed by atoms with Gasteiger partial charge < -0.3 is 20.2 Å². The van der Waals surface area contributed by atoms with E-state index < -0.39 is 12.5 Å². The number of aromatic nitrogens is 1. The lowest BCUT2D eigenvalue weighted by Gasteiger charge is -2.11. The van der Waals surface area contributed by atoms with Gasteiger partial charge in [0.1, 0.15) is 5.58 Å². The van der Waals surface area contributed by atoms with Gasteiger partial charge in [-0.15, -0.1) is 0 Å². The molecule has 0 aliphatic carbocycles. The minimum Gasteiger partial charge on any atom is -0.452 e. The molecule has 0 saturated heterocycles. The first-order valence-electron chi connectivity index (χ1n) is 9.15. The molecule has 10 heteroatoms. The molecular weight excluding hydrogens is 451 g/mol. The molecule has 0 radical (unpaired) electrons. The average molecular weight is 468 g/mol. The third kappa shape index (κ3) is 4.50. The summed E-state index contributed by atoms with van der Waals surface area (Å²) in [6.45, 7) is 0.936. The molecule has 0 spiro atoms. The molecule has 1 amide bonds. The van der Waals surface area contributed by atoms with Gasteiger partial charge in [-0.1, -0.05) is 37.0 Å². The molecule has 4 aromatic rings. The number of alkyl halides is 2. The number of benzene rings is 2. The summed E-state index contributed by atoms with van der Waals surface area (Å²) in [5, 5.41) is 3.63. The SMILES string of the molecule is CC.Nc1ccc2oc3c(OC(F)F)ccc(C(=O)Nc4c(Cl)cncc4Cl)c3c2c1. The minimum atomic E-state index is -3.06. The van der Waals surface area contributed by atoms with Crippen LogP contribution < -0.4 is 15.8 Å². The van der Waals surface area contributed by atoms with Gasteiger partial charge in [0.25, 0.3) is 5.91 Å². The van der Waals surface area contributed by atoms with Crippen LogP contribution in [0.3, 0.4) is 0 Å². The van der Waals surface area contributed by atoms with Crippen molar-refractivity contribution in [2.24, 2.45) is 0 Å². The Kier molecular flexibility index (Phi) is 6.82. The van der Waals surface area contributed by atoms with Crippen LogP contribution in [0.2, 0.25) is 10.0 Å². The fourth-order valence-corrected chi connectivity index (χ4v) is 3.42. The number of halogens is 4. The summed E-state index contributed by atoms with van der Waals surface area (Å²) >= 11 is 12.1. The summed E-state index contributed by atoms with van der Waals surface area (Å²) in [4.78, 5) is 16.8. The lowest BCUT2D eigenvalue weighted by molar-refractivity contribution is -0.0493. The van der Waals surface area contributed by atoms with Crippen molar-refractivity contribution in [3.05, 3.63) is 58.3 Å². The van der Waals surface area contributed by atoms with Crippen LogP contribution in [-0.2, 0) is 0 Å². The number of amides is 1. The van der Waals surface area contributed by atoms with Gasteiger partial charge in [0.2, 0.25) is 0 Å². The van der Waals surface area contributed by atoms with E-state index in [1.807, 2.05) is 13.8 Å². The van der Waals surface area contributed by atoms with Crippen molar-refractivity contribution in [3.8, 4) is 5.75 Å². The lowest BCUT2D eigenvalue weighted by atomic mass is 10.0. The van der Waals surface area contributed by atoms with E-state index in [1.165, 1.54) is 24.5 Å². The Balaban J connectivity index is 0.00000132. The van der Waals surface area contributed by atoms with Crippen molar-refractivity contribution in [1.29, 1.82) is 0 Å². The monoisotopic (exact) mass is 467 g/mol. The molecule has 6 nitrogen and oxygen atoms in total. The number of nitrogens with zero attached hydrogens (tertiary/aromatic N) is 1. The Hall–Kier alpha value is -3.10. The fourth-order valence-electron chi connectivity index (χ4n) is 2.96. The van der Waals surface area contributed by atoms with Gasteiger partial charge in [0.05, 0.1) is 21.3 Å². The van der Waals surface area contributed by atoms with Crippen LogP contribution in [0.15, 0.2) is 47.1 Å². The van der Waals surface area contributed by atoms with E-state index in [0.717, 1.165) is 0 Å². The first-order chi connectivity index (χ1) is 14.8. The Morgan fingerprint density at radius 3 is 2.48 bits per heavy atom. The minimum absolute atomic E-state index is 0.00882. The second-order valence-electron chi connectivity index (χ2n) is 5.98. The van der Waals surface area contributed by atoms with E-state index in [1.54, 1.807) is 18.2 Å². The van der Waals surface area contributed by atoms with E-state index in [4.69, 9.17) is 33.4 Å².